The van der Waals surface area contributed by atoms with Crippen LogP contribution in [0.25, 0.3) is 0 Å². The monoisotopic (exact) mass is 246 g/mol. The Kier molecular flexibility index (Phi) is 4.37. The minimum absolute atomic E-state index is 0.107. The van der Waals surface area contributed by atoms with Gasteiger partial charge in [0.2, 0.25) is 5.91 Å². The third-order valence-electron chi connectivity index (χ3n) is 3.39. The third kappa shape index (κ3) is 4.15. The molecule has 0 atom stereocenters. The van der Waals surface area contributed by atoms with Crippen molar-refractivity contribution in [3.63, 3.8) is 0 Å². The lowest BCUT2D eigenvalue weighted by Gasteiger charge is -2.07. The molecular weight excluding hydrogens is 224 g/mol. The van der Waals surface area contributed by atoms with E-state index in [0.717, 1.165) is 18.7 Å². The van der Waals surface area contributed by atoms with Crippen molar-refractivity contribution in [1.29, 1.82) is 0 Å². The Bertz CT molecular complexity index is 425. The minimum atomic E-state index is 0.107. The highest BCUT2D eigenvalue weighted by atomic mass is 16.1. The molecule has 0 aliphatic heterocycles. The van der Waals surface area contributed by atoms with Crippen LogP contribution in [0, 0.1) is 13.8 Å². The van der Waals surface area contributed by atoms with Crippen molar-refractivity contribution in [1.82, 2.24) is 10.6 Å². The quantitative estimate of drug-likeness (QED) is 0.750. The average Bonchev–Trinajstić information content (AvgIpc) is 3.14. The molecule has 3 heteroatoms. The van der Waals surface area contributed by atoms with E-state index in [0.29, 0.717) is 12.5 Å². The molecule has 1 aliphatic carbocycles. The van der Waals surface area contributed by atoms with Gasteiger partial charge in [-0.2, -0.15) is 0 Å². The topological polar surface area (TPSA) is 41.1 Å². The van der Waals surface area contributed by atoms with Crippen molar-refractivity contribution >= 4 is 5.91 Å². The molecule has 3 nitrogen and oxygen atoms in total. The number of hydrogen-bond donors (Lipinski definition) is 2. The first-order valence-electron chi connectivity index (χ1n) is 6.71. The Morgan fingerprint density at radius 1 is 1.22 bits per heavy atom. The van der Waals surface area contributed by atoms with Crippen molar-refractivity contribution in [2.24, 2.45) is 0 Å². The van der Waals surface area contributed by atoms with Crippen molar-refractivity contribution < 1.29 is 4.79 Å². The number of benzene rings is 1. The fourth-order valence-corrected chi connectivity index (χ4v) is 1.93. The summed E-state index contributed by atoms with van der Waals surface area (Å²) in [6, 6.07) is 6.91. The van der Waals surface area contributed by atoms with Gasteiger partial charge in [-0.3, -0.25) is 4.79 Å². The van der Waals surface area contributed by atoms with Crippen molar-refractivity contribution in [3.8, 4) is 0 Å². The van der Waals surface area contributed by atoms with Crippen molar-refractivity contribution in [3.05, 3.63) is 34.9 Å². The maximum atomic E-state index is 11.7. The zero-order valence-electron chi connectivity index (χ0n) is 11.3. The van der Waals surface area contributed by atoms with Gasteiger partial charge in [0.25, 0.3) is 0 Å². The van der Waals surface area contributed by atoms with E-state index in [1.807, 2.05) is 6.07 Å². The van der Waals surface area contributed by atoms with Crippen LogP contribution in [0.15, 0.2) is 18.2 Å². The molecule has 1 saturated carbocycles. The van der Waals surface area contributed by atoms with Gasteiger partial charge in [0.05, 0.1) is 6.42 Å². The molecule has 18 heavy (non-hydrogen) atoms. The van der Waals surface area contributed by atoms with Gasteiger partial charge in [0.15, 0.2) is 0 Å². The predicted octanol–water partition coefficient (Wildman–Crippen LogP) is 1.71. The first-order chi connectivity index (χ1) is 8.65. The highest BCUT2D eigenvalue weighted by molar-refractivity contribution is 5.78. The first-order valence-corrected chi connectivity index (χ1v) is 6.71. The second kappa shape index (κ2) is 6.01. The van der Waals surface area contributed by atoms with Crippen molar-refractivity contribution in [2.75, 3.05) is 13.1 Å². The SMILES string of the molecule is Cc1ccc(CC(=O)NCCNC2CC2)cc1C. The van der Waals surface area contributed by atoms with E-state index in [1.165, 1.54) is 24.0 Å². The summed E-state index contributed by atoms with van der Waals surface area (Å²) >= 11 is 0. The summed E-state index contributed by atoms with van der Waals surface area (Å²) in [5, 5.41) is 6.32. The zero-order valence-corrected chi connectivity index (χ0v) is 11.3. The van der Waals surface area contributed by atoms with Crippen LogP contribution in [0.4, 0.5) is 0 Å². The summed E-state index contributed by atoms with van der Waals surface area (Å²) in [7, 11) is 0. The lowest BCUT2D eigenvalue weighted by Crippen LogP contribution is -2.33. The highest BCUT2D eigenvalue weighted by Gasteiger charge is 2.19. The van der Waals surface area contributed by atoms with Gasteiger partial charge in [-0.15, -0.1) is 0 Å². The molecule has 1 aromatic carbocycles. The highest BCUT2D eigenvalue weighted by Crippen LogP contribution is 2.17. The Morgan fingerprint density at radius 3 is 2.67 bits per heavy atom. The molecule has 0 saturated heterocycles. The Hall–Kier alpha value is -1.35. The van der Waals surface area contributed by atoms with Crippen LogP contribution in [0.2, 0.25) is 0 Å². The van der Waals surface area contributed by atoms with E-state index >= 15 is 0 Å². The number of aryl methyl sites for hydroxylation is 2. The van der Waals surface area contributed by atoms with Crippen LogP contribution in [-0.4, -0.2) is 25.0 Å². The summed E-state index contributed by atoms with van der Waals surface area (Å²) in [4.78, 5) is 11.7. The molecule has 1 aromatic rings. The van der Waals surface area contributed by atoms with E-state index in [4.69, 9.17) is 0 Å². The van der Waals surface area contributed by atoms with Gasteiger partial charge >= 0.3 is 0 Å². The van der Waals surface area contributed by atoms with E-state index in [-0.39, 0.29) is 5.91 Å². The second-order valence-electron chi connectivity index (χ2n) is 5.17. The molecule has 0 aromatic heterocycles. The molecule has 0 spiro atoms. The Labute approximate surface area is 109 Å². The summed E-state index contributed by atoms with van der Waals surface area (Å²) < 4.78 is 0. The van der Waals surface area contributed by atoms with E-state index in [9.17, 15) is 4.79 Å². The van der Waals surface area contributed by atoms with Crippen LogP contribution in [-0.2, 0) is 11.2 Å². The fraction of sp³-hybridized carbons (Fsp3) is 0.533. The number of carbonyl (C=O) groups excluding carboxylic acids is 1. The van der Waals surface area contributed by atoms with Crippen LogP contribution in [0.3, 0.4) is 0 Å². The Balaban J connectivity index is 1.70. The molecule has 2 rings (SSSR count). The molecule has 1 aliphatic rings. The van der Waals surface area contributed by atoms with Crippen LogP contribution in [0.1, 0.15) is 29.5 Å². The smallest absolute Gasteiger partial charge is 0.224 e. The molecular formula is C15H22N2O. The van der Waals surface area contributed by atoms with Gasteiger partial charge in [-0.25, -0.2) is 0 Å². The van der Waals surface area contributed by atoms with E-state index in [1.54, 1.807) is 0 Å². The maximum absolute atomic E-state index is 11.7. The molecule has 0 bridgehead atoms. The molecule has 0 radical (unpaired) electrons. The standard InChI is InChI=1S/C15H22N2O/c1-11-3-4-13(9-12(11)2)10-15(18)17-8-7-16-14-5-6-14/h3-4,9,14,16H,5-8,10H2,1-2H3,(H,17,18). The van der Waals surface area contributed by atoms with Gasteiger partial charge in [-0.1, -0.05) is 18.2 Å². The van der Waals surface area contributed by atoms with Crippen LogP contribution >= 0.6 is 0 Å². The summed E-state index contributed by atoms with van der Waals surface area (Å²) in [5.41, 5.74) is 3.61. The molecule has 2 N–H and O–H groups in total. The van der Waals surface area contributed by atoms with Gasteiger partial charge in [-0.05, 0) is 43.4 Å². The summed E-state index contributed by atoms with van der Waals surface area (Å²) in [6.45, 7) is 5.77. The lowest BCUT2D eigenvalue weighted by molar-refractivity contribution is -0.120. The predicted molar refractivity (Wildman–Crippen MR) is 73.7 cm³/mol. The Morgan fingerprint density at radius 2 is 2.00 bits per heavy atom. The molecule has 98 valence electrons. The first kappa shape index (κ1) is 13.1. The number of rotatable bonds is 6. The molecule has 0 heterocycles. The number of hydrogen-bond acceptors (Lipinski definition) is 2. The normalized spacial score (nSPS) is 14.6. The zero-order chi connectivity index (χ0) is 13.0. The van der Waals surface area contributed by atoms with Gasteiger partial charge < -0.3 is 10.6 Å². The maximum Gasteiger partial charge on any atom is 0.224 e. The number of nitrogens with one attached hydrogen (secondary N) is 2. The van der Waals surface area contributed by atoms with E-state index in [2.05, 4.69) is 36.6 Å². The lowest BCUT2D eigenvalue weighted by atomic mass is 10.0. The molecule has 1 fully saturated rings. The van der Waals surface area contributed by atoms with E-state index < -0.39 is 0 Å². The van der Waals surface area contributed by atoms with Crippen LogP contribution in [0.5, 0.6) is 0 Å². The number of amides is 1. The minimum Gasteiger partial charge on any atom is -0.355 e. The average molecular weight is 246 g/mol. The molecule has 1 amide bonds. The van der Waals surface area contributed by atoms with Gasteiger partial charge in [0, 0.05) is 19.1 Å². The fourth-order valence-electron chi connectivity index (χ4n) is 1.93. The number of carbonyl (C=O) groups is 1. The second-order valence-corrected chi connectivity index (χ2v) is 5.17. The van der Waals surface area contributed by atoms with Gasteiger partial charge in [0.1, 0.15) is 0 Å². The largest absolute Gasteiger partial charge is 0.355 e. The third-order valence-corrected chi connectivity index (χ3v) is 3.39. The molecule has 0 unspecified atom stereocenters. The van der Waals surface area contributed by atoms with Crippen LogP contribution < -0.4 is 10.6 Å². The summed E-state index contributed by atoms with van der Waals surface area (Å²) in [6.07, 6.45) is 3.05. The summed E-state index contributed by atoms with van der Waals surface area (Å²) in [5.74, 6) is 0.107. The van der Waals surface area contributed by atoms with Crippen molar-refractivity contribution in [2.45, 2.75) is 39.2 Å².